The normalized spacial score (nSPS) is 10.8. The van der Waals surface area contributed by atoms with E-state index in [-0.39, 0.29) is 5.91 Å². The number of benzene rings is 2. The zero-order chi connectivity index (χ0) is 22.4. The minimum absolute atomic E-state index is 0.318. The molecule has 2 aromatic carbocycles. The monoisotopic (exact) mass is 437 g/mol. The molecule has 0 unspecified atom stereocenters. The van der Waals surface area contributed by atoms with Crippen molar-refractivity contribution in [2.45, 2.75) is 0 Å². The zero-order valence-electron chi connectivity index (χ0n) is 17.5. The van der Waals surface area contributed by atoms with Crippen molar-refractivity contribution in [3.05, 3.63) is 67.4 Å². The van der Waals surface area contributed by atoms with Crippen molar-refractivity contribution in [2.75, 3.05) is 36.4 Å². The van der Waals surface area contributed by atoms with Crippen molar-refractivity contribution in [3.8, 4) is 5.75 Å². The minimum Gasteiger partial charge on any atom is -0.495 e. The summed E-state index contributed by atoms with van der Waals surface area (Å²) in [5, 5.41) is 9.77. The van der Waals surface area contributed by atoms with E-state index in [4.69, 9.17) is 4.74 Å². The SMILES string of the molecule is C=CC(=O)Nc1ccc(OC)c(Nc2nccc(Nc3ccccc3P(C)(C)=O)n2)c1. The van der Waals surface area contributed by atoms with Gasteiger partial charge in [-0.25, -0.2) is 4.98 Å². The van der Waals surface area contributed by atoms with Crippen molar-refractivity contribution in [1.82, 2.24) is 9.97 Å². The Hall–Kier alpha value is -3.64. The Labute approximate surface area is 181 Å². The van der Waals surface area contributed by atoms with Crippen LogP contribution in [0.2, 0.25) is 0 Å². The molecule has 3 aromatic rings. The molecule has 0 saturated heterocycles. The summed E-state index contributed by atoms with van der Waals surface area (Å²) >= 11 is 0. The fourth-order valence-electron chi connectivity index (χ4n) is 2.87. The van der Waals surface area contributed by atoms with Crippen LogP contribution in [0.5, 0.6) is 5.75 Å². The van der Waals surface area contributed by atoms with E-state index < -0.39 is 7.14 Å². The first-order valence-electron chi connectivity index (χ1n) is 9.43. The Balaban J connectivity index is 1.87. The molecule has 0 bridgehead atoms. The first-order valence-corrected chi connectivity index (χ1v) is 12.0. The number of methoxy groups -OCH3 is 1. The zero-order valence-corrected chi connectivity index (χ0v) is 18.4. The molecule has 0 atom stereocenters. The van der Waals surface area contributed by atoms with Gasteiger partial charge in [-0.05, 0) is 55.8 Å². The van der Waals surface area contributed by atoms with Gasteiger partial charge in [0, 0.05) is 17.2 Å². The summed E-state index contributed by atoms with van der Waals surface area (Å²) in [5.74, 6) is 1.10. The number of carbonyl (C=O) groups excluding carboxylic acids is 1. The number of hydrogen-bond acceptors (Lipinski definition) is 7. The summed E-state index contributed by atoms with van der Waals surface area (Å²) < 4.78 is 18.0. The van der Waals surface area contributed by atoms with Crippen molar-refractivity contribution in [2.24, 2.45) is 0 Å². The first-order chi connectivity index (χ1) is 14.8. The van der Waals surface area contributed by atoms with Gasteiger partial charge in [0.15, 0.2) is 0 Å². The van der Waals surface area contributed by atoms with Crippen molar-refractivity contribution >= 4 is 47.2 Å². The Kier molecular flexibility index (Phi) is 6.72. The fraction of sp³-hybridized carbons (Fsp3) is 0.136. The van der Waals surface area contributed by atoms with Crippen molar-refractivity contribution < 1.29 is 14.1 Å². The number of nitrogens with zero attached hydrogens (tertiary/aromatic N) is 2. The van der Waals surface area contributed by atoms with Crippen LogP contribution >= 0.6 is 7.14 Å². The first kappa shape index (κ1) is 22.1. The number of ether oxygens (including phenoxy) is 1. The average Bonchev–Trinajstić information content (AvgIpc) is 2.74. The van der Waals surface area contributed by atoms with Gasteiger partial charge in [0.05, 0.1) is 18.5 Å². The lowest BCUT2D eigenvalue weighted by atomic mass is 10.2. The third kappa shape index (κ3) is 5.71. The smallest absolute Gasteiger partial charge is 0.247 e. The van der Waals surface area contributed by atoms with Crippen LogP contribution in [0.1, 0.15) is 0 Å². The topological polar surface area (TPSA) is 105 Å². The Morgan fingerprint density at radius 2 is 1.87 bits per heavy atom. The maximum Gasteiger partial charge on any atom is 0.247 e. The minimum atomic E-state index is -2.47. The third-order valence-corrected chi connectivity index (χ3v) is 5.85. The molecule has 1 amide bonds. The van der Waals surface area contributed by atoms with Gasteiger partial charge in [0.2, 0.25) is 11.9 Å². The van der Waals surface area contributed by atoms with Crippen LogP contribution in [0.15, 0.2) is 67.4 Å². The van der Waals surface area contributed by atoms with Crippen LogP contribution < -0.4 is 26.0 Å². The number of rotatable bonds is 8. The highest BCUT2D eigenvalue weighted by atomic mass is 31.2. The second-order valence-electron chi connectivity index (χ2n) is 6.99. The molecule has 31 heavy (non-hydrogen) atoms. The maximum absolute atomic E-state index is 12.6. The fourth-order valence-corrected chi connectivity index (χ4v) is 4.03. The highest BCUT2D eigenvalue weighted by molar-refractivity contribution is 7.70. The van der Waals surface area contributed by atoms with E-state index >= 15 is 0 Å². The molecule has 0 fully saturated rings. The molecule has 3 rings (SSSR count). The summed E-state index contributed by atoms with van der Waals surface area (Å²) in [6, 6.07) is 14.3. The molecule has 9 heteroatoms. The lowest BCUT2D eigenvalue weighted by Gasteiger charge is -2.15. The molecule has 0 aliphatic heterocycles. The second kappa shape index (κ2) is 9.45. The predicted octanol–water partition coefficient (Wildman–Crippen LogP) is 4.34. The highest BCUT2D eigenvalue weighted by Crippen LogP contribution is 2.38. The third-order valence-electron chi connectivity index (χ3n) is 4.30. The number of anilines is 5. The molecule has 0 saturated carbocycles. The number of amides is 1. The van der Waals surface area contributed by atoms with Gasteiger partial charge in [-0.3, -0.25) is 4.79 Å². The molecule has 0 radical (unpaired) electrons. The van der Waals surface area contributed by atoms with Gasteiger partial charge >= 0.3 is 0 Å². The molecule has 160 valence electrons. The summed E-state index contributed by atoms with van der Waals surface area (Å²) in [5.41, 5.74) is 1.87. The average molecular weight is 437 g/mol. The van der Waals surface area contributed by atoms with E-state index in [0.29, 0.717) is 28.9 Å². The highest BCUT2D eigenvalue weighted by Gasteiger charge is 2.16. The second-order valence-corrected chi connectivity index (χ2v) is 10.2. The van der Waals surface area contributed by atoms with Crippen LogP contribution in [0.4, 0.5) is 28.8 Å². The van der Waals surface area contributed by atoms with Gasteiger partial charge in [-0.15, -0.1) is 0 Å². The maximum atomic E-state index is 12.6. The lowest BCUT2D eigenvalue weighted by molar-refractivity contribution is -0.111. The summed E-state index contributed by atoms with van der Waals surface area (Å²) in [4.78, 5) is 20.3. The molecule has 3 N–H and O–H groups in total. The van der Waals surface area contributed by atoms with Crippen LogP contribution in [-0.2, 0) is 9.36 Å². The molecule has 8 nitrogen and oxygen atoms in total. The number of nitrogens with one attached hydrogen (secondary N) is 3. The Morgan fingerprint density at radius 3 is 2.58 bits per heavy atom. The van der Waals surface area contributed by atoms with Crippen molar-refractivity contribution in [1.29, 1.82) is 0 Å². The summed E-state index contributed by atoms with van der Waals surface area (Å²) in [6.45, 7) is 6.90. The molecule has 0 spiro atoms. The van der Waals surface area contributed by atoms with E-state index in [9.17, 15) is 9.36 Å². The molecule has 1 heterocycles. The molecular weight excluding hydrogens is 413 g/mol. The predicted molar refractivity (Wildman–Crippen MR) is 126 cm³/mol. The molecular formula is C22H24N5O3P. The van der Waals surface area contributed by atoms with E-state index in [1.807, 2.05) is 24.3 Å². The quantitative estimate of drug-likeness (QED) is 0.356. The van der Waals surface area contributed by atoms with Crippen LogP contribution in [0, 0.1) is 0 Å². The Bertz CT molecular complexity index is 1160. The number of para-hydroxylation sites is 1. The molecule has 0 aliphatic rings. The van der Waals surface area contributed by atoms with Gasteiger partial charge in [0.25, 0.3) is 0 Å². The van der Waals surface area contributed by atoms with E-state index in [0.717, 1.165) is 11.0 Å². The standard InChI is InChI=1S/C22H24N5O3P/c1-5-21(28)24-15-10-11-18(30-2)17(14-15)26-22-23-13-12-20(27-22)25-16-8-6-7-9-19(16)31(3,4)29/h5-14H,1H2,2-4H3,(H,24,28)(H2,23,25,26,27). The van der Waals surface area contributed by atoms with Gasteiger partial charge in [-0.2, -0.15) is 4.98 Å². The number of hydrogen-bond donors (Lipinski definition) is 3. The number of aromatic nitrogens is 2. The van der Waals surface area contributed by atoms with Crippen LogP contribution in [-0.4, -0.2) is 36.3 Å². The molecule has 0 aliphatic carbocycles. The number of carbonyl (C=O) groups is 1. The van der Waals surface area contributed by atoms with Gasteiger partial charge in [0.1, 0.15) is 18.7 Å². The van der Waals surface area contributed by atoms with E-state index in [1.165, 1.54) is 6.08 Å². The molecule has 1 aromatic heterocycles. The van der Waals surface area contributed by atoms with Crippen molar-refractivity contribution in [3.63, 3.8) is 0 Å². The van der Waals surface area contributed by atoms with E-state index in [1.54, 1.807) is 50.9 Å². The Morgan fingerprint density at radius 1 is 1.10 bits per heavy atom. The summed E-state index contributed by atoms with van der Waals surface area (Å²) in [7, 11) is -0.922. The lowest BCUT2D eigenvalue weighted by Crippen LogP contribution is -2.10. The summed E-state index contributed by atoms with van der Waals surface area (Å²) in [6.07, 6.45) is 2.80. The van der Waals surface area contributed by atoms with Gasteiger partial charge < -0.3 is 25.3 Å². The largest absolute Gasteiger partial charge is 0.495 e. The van der Waals surface area contributed by atoms with Crippen LogP contribution in [0.25, 0.3) is 0 Å². The van der Waals surface area contributed by atoms with E-state index in [2.05, 4.69) is 32.5 Å². The van der Waals surface area contributed by atoms with Gasteiger partial charge in [-0.1, -0.05) is 18.7 Å². The van der Waals surface area contributed by atoms with Crippen LogP contribution in [0.3, 0.4) is 0 Å².